The predicted molar refractivity (Wildman–Crippen MR) is 107 cm³/mol. The fourth-order valence-electron chi connectivity index (χ4n) is 2.19. The number of nitrogens with one attached hydrogen (secondary N) is 2. The first-order valence-electron chi connectivity index (χ1n) is 8.17. The van der Waals surface area contributed by atoms with Crippen LogP contribution in [0.4, 0.5) is 0 Å². The number of hydrogen-bond acceptors (Lipinski definition) is 7. The molecule has 9 nitrogen and oxygen atoms in total. The van der Waals surface area contributed by atoms with Gasteiger partial charge in [0.05, 0.1) is 17.6 Å². The Labute approximate surface area is 169 Å². The van der Waals surface area contributed by atoms with E-state index in [0.717, 1.165) is 0 Å². The minimum absolute atomic E-state index is 0. The Hall–Kier alpha value is -2.56. The Kier molecular flexibility index (Phi) is 8.97. The van der Waals surface area contributed by atoms with Gasteiger partial charge in [0, 0.05) is 30.9 Å². The van der Waals surface area contributed by atoms with E-state index >= 15 is 0 Å². The molecule has 1 aromatic heterocycles. The third-order valence-corrected chi connectivity index (χ3v) is 5.19. The standard InChI is InChI=1S/C17H21N5O4S.ClH/c1-26-15(23)4-2-3-9-22-27(24,25)14-7-5-12(6-8-14)17-20-10-13(11-21-17)16(18)19;/h5-8,10-11,22H,2-4,9H2,1H3,(H3,18,19);1H. The third kappa shape index (κ3) is 6.55. The largest absolute Gasteiger partial charge is 0.469 e. The Morgan fingerprint density at radius 3 is 2.32 bits per heavy atom. The number of halogens is 1. The van der Waals surface area contributed by atoms with Gasteiger partial charge in [0.25, 0.3) is 0 Å². The number of amidine groups is 1. The monoisotopic (exact) mass is 427 g/mol. The average Bonchev–Trinajstić information content (AvgIpc) is 2.67. The van der Waals surface area contributed by atoms with Gasteiger partial charge in [-0.25, -0.2) is 23.1 Å². The molecule has 152 valence electrons. The summed E-state index contributed by atoms with van der Waals surface area (Å²) >= 11 is 0. The van der Waals surface area contributed by atoms with E-state index in [4.69, 9.17) is 11.1 Å². The number of ether oxygens (including phenoxy) is 1. The second-order valence-electron chi connectivity index (χ2n) is 5.66. The first-order chi connectivity index (χ1) is 12.8. The number of sulfonamides is 1. The van der Waals surface area contributed by atoms with Crippen molar-refractivity contribution < 1.29 is 17.9 Å². The van der Waals surface area contributed by atoms with Crippen LogP contribution in [-0.4, -0.2) is 43.8 Å². The lowest BCUT2D eigenvalue weighted by molar-refractivity contribution is -0.140. The van der Waals surface area contributed by atoms with E-state index in [0.29, 0.717) is 29.8 Å². The SMILES string of the molecule is COC(=O)CCCCNS(=O)(=O)c1ccc(-c2ncc(C(=N)N)cn2)cc1.Cl. The van der Waals surface area contributed by atoms with Crippen molar-refractivity contribution >= 4 is 34.2 Å². The molecule has 0 saturated heterocycles. The molecule has 0 saturated carbocycles. The quantitative estimate of drug-likeness (QED) is 0.237. The number of hydrogen-bond donors (Lipinski definition) is 3. The smallest absolute Gasteiger partial charge is 0.305 e. The molecule has 0 atom stereocenters. The summed E-state index contributed by atoms with van der Waals surface area (Å²) in [5, 5.41) is 7.32. The summed E-state index contributed by atoms with van der Waals surface area (Å²) in [6.45, 7) is 0.233. The highest BCUT2D eigenvalue weighted by atomic mass is 35.5. The Morgan fingerprint density at radius 1 is 1.18 bits per heavy atom. The number of nitrogen functional groups attached to an aromatic ring is 1. The summed E-state index contributed by atoms with van der Waals surface area (Å²) in [7, 11) is -2.32. The van der Waals surface area contributed by atoms with Gasteiger partial charge in [-0.05, 0) is 37.1 Å². The Bertz CT molecular complexity index is 902. The van der Waals surface area contributed by atoms with Gasteiger partial charge in [-0.2, -0.15) is 0 Å². The van der Waals surface area contributed by atoms with Crippen LogP contribution in [0, 0.1) is 5.41 Å². The van der Waals surface area contributed by atoms with Crippen molar-refractivity contribution in [2.75, 3.05) is 13.7 Å². The number of aromatic nitrogens is 2. The van der Waals surface area contributed by atoms with Gasteiger partial charge in [-0.15, -0.1) is 12.4 Å². The summed E-state index contributed by atoms with van der Waals surface area (Å²) in [6, 6.07) is 6.14. The molecule has 0 spiro atoms. The molecule has 28 heavy (non-hydrogen) atoms. The van der Waals surface area contributed by atoms with Crippen LogP contribution in [0.3, 0.4) is 0 Å². The maximum atomic E-state index is 12.3. The van der Waals surface area contributed by atoms with Crippen LogP contribution >= 0.6 is 12.4 Å². The van der Waals surface area contributed by atoms with Crippen molar-refractivity contribution in [1.82, 2.24) is 14.7 Å². The van der Waals surface area contributed by atoms with Gasteiger partial charge < -0.3 is 10.5 Å². The molecule has 1 heterocycles. The number of carbonyl (C=O) groups is 1. The topological polar surface area (TPSA) is 148 Å². The number of nitrogens with zero attached hydrogens (tertiary/aromatic N) is 2. The molecule has 2 rings (SSSR count). The fraction of sp³-hybridized carbons (Fsp3) is 0.294. The van der Waals surface area contributed by atoms with E-state index in [9.17, 15) is 13.2 Å². The summed E-state index contributed by atoms with van der Waals surface area (Å²) in [5.41, 5.74) is 6.41. The van der Waals surface area contributed by atoms with Crippen LogP contribution in [0.1, 0.15) is 24.8 Å². The number of unbranched alkanes of at least 4 members (excludes halogenated alkanes) is 1. The number of rotatable bonds is 9. The molecule has 0 aliphatic heterocycles. The summed E-state index contributed by atoms with van der Waals surface area (Å²) in [5.74, 6) is -0.0348. The molecule has 11 heteroatoms. The van der Waals surface area contributed by atoms with E-state index in [2.05, 4.69) is 19.4 Å². The lowest BCUT2D eigenvalue weighted by Crippen LogP contribution is -2.24. The molecule has 0 radical (unpaired) electrons. The minimum atomic E-state index is -3.64. The van der Waals surface area contributed by atoms with Crippen LogP contribution in [0.25, 0.3) is 11.4 Å². The zero-order chi connectivity index (χ0) is 19.9. The molecule has 0 fully saturated rings. The van der Waals surface area contributed by atoms with E-state index in [1.54, 1.807) is 12.1 Å². The molecule has 0 aliphatic carbocycles. The summed E-state index contributed by atoms with van der Waals surface area (Å²) < 4.78 is 31.6. The third-order valence-electron chi connectivity index (χ3n) is 3.71. The second-order valence-corrected chi connectivity index (χ2v) is 7.43. The molecular weight excluding hydrogens is 406 g/mol. The van der Waals surface area contributed by atoms with Crippen LogP contribution in [0.2, 0.25) is 0 Å². The normalized spacial score (nSPS) is 10.8. The zero-order valence-electron chi connectivity index (χ0n) is 15.2. The van der Waals surface area contributed by atoms with Crippen molar-refractivity contribution in [2.45, 2.75) is 24.2 Å². The maximum Gasteiger partial charge on any atom is 0.305 e. The van der Waals surface area contributed by atoms with Crippen molar-refractivity contribution in [3.05, 3.63) is 42.2 Å². The molecule has 0 aliphatic rings. The van der Waals surface area contributed by atoms with Crippen molar-refractivity contribution in [1.29, 1.82) is 5.41 Å². The molecule has 2 aromatic rings. The van der Waals surface area contributed by atoms with Crippen LogP contribution in [0.5, 0.6) is 0 Å². The highest BCUT2D eigenvalue weighted by Crippen LogP contribution is 2.18. The first kappa shape index (κ1) is 23.5. The number of methoxy groups -OCH3 is 1. The van der Waals surface area contributed by atoms with Crippen molar-refractivity contribution in [3.63, 3.8) is 0 Å². The second kappa shape index (κ2) is 10.7. The van der Waals surface area contributed by atoms with Gasteiger partial charge >= 0.3 is 5.97 Å². The molecule has 1 aromatic carbocycles. The molecule has 4 N–H and O–H groups in total. The highest BCUT2D eigenvalue weighted by molar-refractivity contribution is 7.89. The summed E-state index contributed by atoms with van der Waals surface area (Å²) in [6.07, 6.45) is 4.20. The van der Waals surface area contributed by atoms with Gasteiger partial charge in [0.1, 0.15) is 5.84 Å². The van der Waals surface area contributed by atoms with Crippen LogP contribution < -0.4 is 10.5 Å². The number of esters is 1. The highest BCUT2D eigenvalue weighted by Gasteiger charge is 2.14. The number of carbonyl (C=O) groups excluding carboxylic acids is 1. The first-order valence-corrected chi connectivity index (χ1v) is 9.65. The van der Waals surface area contributed by atoms with E-state index < -0.39 is 10.0 Å². The number of benzene rings is 1. The zero-order valence-corrected chi connectivity index (χ0v) is 16.8. The van der Waals surface area contributed by atoms with Gasteiger partial charge in [-0.3, -0.25) is 10.2 Å². The van der Waals surface area contributed by atoms with Crippen molar-refractivity contribution in [3.8, 4) is 11.4 Å². The van der Waals surface area contributed by atoms with Gasteiger partial charge in [0.2, 0.25) is 10.0 Å². The lowest BCUT2D eigenvalue weighted by atomic mass is 10.2. The van der Waals surface area contributed by atoms with E-state index in [-0.39, 0.29) is 42.1 Å². The molecule has 0 amide bonds. The van der Waals surface area contributed by atoms with E-state index in [1.165, 1.54) is 31.6 Å². The Morgan fingerprint density at radius 2 is 1.79 bits per heavy atom. The lowest BCUT2D eigenvalue weighted by Gasteiger charge is -2.07. The molecule has 0 bridgehead atoms. The maximum absolute atomic E-state index is 12.3. The van der Waals surface area contributed by atoms with Crippen LogP contribution in [-0.2, 0) is 19.6 Å². The number of nitrogens with two attached hydrogens (primary N) is 1. The van der Waals surface area contributed by atoms with Crippen molar-refractivity contribution in [2.24, 2.45) is 5.73 Å². The van der Waals surface area contributed by atoms with Gasteiger partial charge in [0.15, 0.2) is 5.82 Å². The van der Waals surface area contributed by atoms with Crippen LogP contribution in [0.15, 0.2) is 41.6 Å². The predicted octanol–water partition coefficient (Wildman–Crippen LogP) is 1.47. The molecule has 0 unspecified atom stereocenters. The van der Waals surface area contributed by atoms with E-state index in [1.807, 2.05) is 0 Å². The Balaban J connectivity index is 0.00000392. The summed E-state index contributed by atoms with van der Waals surface area (Å²) in [4.78, 5) is 19.4. The molecular formula is C17H22ClN5O4S. The average molecular weight is 428 g/mol. The minimum Gasteiger partial charge on any atom is -0.469 e. The fourth-order valence-corrected chi connectivity index (χ4v) is 3.26. The van der Waals surface area contributed by atoms with Gasteiger partial charge in [-0.1, -0.05) is 0 Å².